The summed E-state index contributed by atoms with van der Waals surface area (Å²) in [7, 11) is 0. The van der Waals surface area contributed by atoms with Gasteiger partial charge < -0.3 is 10.3 Å². The molecule has 2 bridgehead atoms. The molecular formula is C18H22ClN3O. The molecule has 0 spiro atoms. The molecule has 2 aliphatic carbocycles. The third-order valence-electron chi connectivity index (χ3n) is 5.74. The van der Waals surface area contributed by atoms with Gasteiger partial charge in [-0.15, -0.1) is 0 Å². The molecule has 0 amide bonds. The molecule has 0 radical (unpaired) electrons. The van der Waals surface area contributed by atoms with Gasteiger partial charge in [-0.3, -0.25) is 4.79 Å². The Labute approximate surface area is 140 Å². The summed E-state index contributed by atoms with van der Waals surface area (Å²) in [6.45, 7) is 2.86. The number of rotatable bonds is 4. The fraction of sp³-hybridized carbons (Fsp3) is 0.556. The number of benzene rings is 1. The lowest BCUT2D eigenvalue weighted by atomic mass is 9.84. The van der Waals surface area contributed by atoms with Gasteiger partial charge in [-0.25, -0.2) is 4.98 Å². The normalized spacial score (nSPS) is 27.7. The molecule has 1 aromatic heterocycles. The fourth-order valence-electron chi connectivity index (χ4n) is 4.56. The van der Waals surface area contributed by atoms with Crippen LogP contribution in [-0.2, 0) is 6.54 Å². The van der Waals surface area contributed by atoms with E-state index in [9.17, 15) is 4.79 Å². The summed E-state index contributed by atoms with van der Waals surface area (Å²) in [5, 5.41) is 4.75. The average molecular weight is 332 g/mol. The molecule has 2 N–H and O–H groups in total. The Morgan fingerprint density at radius 3 is 3.00 bits per heavy atom. The first-order chi connectivity index (χ1) is 11.1. The van der Waals surface area contributed by atoms with Crippen LogP contribution in [0.4, 0.5) is 0 Å². The number of aromatic amines is 1. The van der Waals surface area contributed by atoms with E-state index < -0.39 is 0 Å². The number of hydrogen-bond acceptors (Lipinski definition) is 3. The van der Waals surface area contributed by atoms with Crippen LogP contribution in [-0.4, -0.2) is 16.0 Å². The Balaban J connectivity index is 1.48. The SMILES string of the molecule is CC(NCc1nc2cc(Cl)ccc2c(=O)[nH]1)C1CC2CCC1C2. The third kappa shape index (κ3) is 2.90. The Kier molecular flexibility index (Phi) is 3.90. The minimum absolute atomic E-state index is 0.101. The topological polar surface area (TPSA) is 57.8 Å². The van der Waals surface area contributed by atoms with Gasteiger partial charge in [-0.1, -0.05) is 18.0 Å². The van der Waals surface area contributed by atoms with Crippen molar-refractivity contribution in [3.05, 3.63) is 39.4 Å². The number of nitrogens with one attached hydrogen (secondary N) is 2. The van der Waals surface area contributed by atoms with E-state index in [-0.39, 0.29) is 5.56 Å². The molecule has 5 heteroatoms. The van der Waals surface area contributed by atoms with Crippen LogP contribution in [0.25, 0.3) is 10.9 Å². The van der Waals surface area contributed by atoms with Crippen molar-refractivity contribution < 1.29 is 0 Å². The number of nitrogens with zero attached hydrogens (tertiary/aromatic N) is 1. The van der Waals surface area contributed by atoms with E-state index in [1.165, 1.54) is 25.7 Å². The highest BCUT2D eigenvalue weighted by Gasteiger charge is 2.41. The maximum Gasteiger partial charge on any atom is 0.258 e. The highest BCUT2D eigenvalue weighted by molar-refractivity contribution is 6.31. The zero-order valence-electron chi connectivity index (χ0n) is 13.3. The molecule has 0 saturated heterocycles. The number of H-pyrrole nitrogens is 1. The number of aromatic nitrogens is 2. The summed E-state index contributed by atoms with van der Waals surface area (Å²) >= 11 is 6.01. The van der Waals surface area contributed by atoms with E-state index in [1.54, 1.807) is 18.2 Å². The lowest BCUT2D eigenvalue weighted by molar-refractivity contribution is 0.258. The van der Waals surface area contributed by atoms with Gasteiger partial charge in [0, 0.05) is 11.1 Å². The number of fused-ring (bicyclic) bond motifs is 3. The Morgan fingerprint density at radius 1 is 1.39 bits per heavy atom. The predicted molar refractivity (Wildman–Crippen MR) is 92.6 cm³/mol. The highest BCUT2D eigenvalue weighted by Crippen LogP contribution is 2.49. The van der Waals surface area contributed by atoms with Crippen molar-refractivity contribution in [3.8, 4) is 0 Å². The molecule has 2 saturated carbocycles. The minimum Gasteiger partial charge on any atom is -0.309 e. The minimum atomic E-state index is -0.101. The summed E-state index contributed by atoms with van der Waals surface area (Å²) in [6, 6.07) is 5.65. The molecule has 4 rings (SSSR count). The van der Waals surface area contributed by atoms with Crippen LogP contribution in [0.1, 0.15) is 38.4 Å². The molecule has 4 nitrogen and oxygen atoms in total. The maximum absolute atomic E-state index is 12.1. The smallest absolute Gasteiger partial charge is 0.258 e. The number of halogens is 1. The second kappa shape index (κ2) is 5.91. The molecule has 1 heterocycles. The van der Waals surface area contributed by atoms with Gasteiger partial charge in [0.15, 0.2) is 0 Å². The number of hydrogen-bond donors (Lipinski definition) is 2. The highest BCUT2D eigenvalue weighted by atomic mass is 35.5. The molecule has 2 aliphatic rings. The maximum atomic E-state index is 12.1. The van der Waals surface area contributed by atoms with Crippen LogP contribution in [0.2, 0.25) is 5.02 Å². The van der Waals surface area contributed by atoms with Gasteiger partial charge in [0.05, 0.1) is 17.4 Å². The second-order valence-corrected chi connectivity index (χ2v) is 7.62. The van der Waals surface area contributed by atoms with Crippen LogP contribution in [0.15, 0.2) is 23.0 Å². The fourth-order valence-corrected chi connectivity index (χ4v) is 4.73. The summed E-state index contributed by atoms with van der Waals surface area (Å²) in [5.74, 6) is 3.30. The monoisotopic (exact) mass is 331 g/mol. The van der Waals surface area contributed by atoms with Crippen molar-refractivity contribution in [2.75, 3.05) is 0 Å². The quantitative estimate of drug-likeness (QED) is 0.901. The Hall–Kier alpha value is -1.39. The first kappa shape index (κ1) is 15.2. The van der Waals surface area contributed by atoms with Crippen LogP contribution in [0, 0.1) is 17.8 Å². The zero-order chi connectivity index (χ0) is 16.0. The standard InChI is InChI=1S/C18H22ClN3O/c1-10(15-7-11-2-3-12(15)6-11)20-9-17-21-16-8-13(19)4-5-14(16)18(23)22-17/h4-5,8,10-12,15,20H,2-3,6-7,9H2,1H3,(H,21,22,23). The van der Waals surface area contributed by atoms with Crippen molar-refractivity contribution >= 4 is 22.5 Å². The van der Waals surface area contributed by atoms with Crippen LogP contribution in [0.5, 0.6) is 0 Å². The van der Waals surface area contributed by atoms with Gasteiger partial charge >= 0.3 is 0 Å². The molecule has 4 unspecified atom stereocenters. The molecule has 2 aromatic rings. The van der Waals surface area contributed by atoms with E-state index in [1.807, 2.05) is 0 Å². The molecule has 0 aliphatic heterocycles. The summed E-state index contributed by atoms with van der Waals surface area (Å²) < 4.78 is 0. The largest absolute Gasteiger partial charge is 0.309 e. The Bertz CT molecular complexity index is 787. The summed E-state index contributed by atoms with van der Waals surface area (Å²) in [5.41, 5.74) is 0.557. The van der Waals surface area contributed by atoms with Crippen LogP contribution < -0.4 is 10.9 Å². The third-order valence-corrected chi connectivity index (χ3v) is 5.98. The molecule has 2 fully saturated rings. The van der Waals surface area contributed by atoms with Gasteiger partial charge in [0.1, 0.15) is 5.82 Å². The Morgan fingerprint density at radius 2 is 2.26 bits per heavy atom. The summed E-state index contributed by atoms with van der Waals surface area (Å²) in [6.07, 6.45) is 5.59. The zero-order valence-corrected chi connectivity index (χ0v) is 14.1. The van der Waals surface area contributed by atoms with E-state index in [4.69, 9.17) is 11.6 Å². The molecule has 4 atom stereocenters. The van der Waals surface area contributed by atoms with E-state index in [2.05, 4.69) is 22.2 Å². The predicted octanol–water partition coefficient (Wildman–Crippen LogP) is 3.49. The van der Waals surface area contributed by atoms with E-state index in [0.717, 1.165) is 17.8 Å². The van der Waals surface area contributed by atoms with Crippen molar-refractivity contribution in [1.82, 2.24) is 15.3 Å². The summed E-state index contributed by atoms with van der Waals surface area (Å²) in [4.78, 5) is 19.6. The first-order valence-electron chi connectivity index (χ1n) is 8.52. The van der Waals surface area contributed by atoms with Gasteiger partial charge in [0.2, 0.25) is 0 Å². The molecule has 23 heavy (non-hydrogen) atoms. The van der Waals surface area contributed by atoms with Crippen LogP contribution >= 0.6 is 11.6 Å². The molecular weight excluding hydrogens is 310 g/mol. The van der Waals surface area contributed by atoms with Crippen molar-refractivity contribution in [3.63, 3.8) is 0 Å². The van der Waals surface area contributed by atoms with E-state index >= 15 is 0 Å². The second-order valence-electron chi connectivity index (χ2n) is 7.18. The molecule has 1 aromatic carbocycles. The molecule has 122 valence electrons. The van der Waals surface area contributed by atoms with Gasteiger partial charge in [-0.2, -0.15) is 0 Å². The lowest BCUT2D eigenvalue weighted by Crippen LogP contribution is -2.36. The first-order valence-corrected chi connectivity index (χ1v) is 8.90. The van der Waals surface area contributed by atoms with Crippen LogP contribution in [0.3, 0.4) is 0 Å². The van der Waals surface area contributed by atoms with Gasteiger partial charge in [0.25, 0.3) is 5.56 Å². The lowest BCUT2D eigenvalue weighted by Gasteiger charge is -2.28. The average Bonchev–Trinajstić information content (AvgIpc) is 3.15. The van der Waals surface area contributed by atoms with Crippen molar-refractivity contribution in [2.45, 2.75) is 45.2 Å². The van der Waals surface area contributed by atoms with Gasteiger partial charge in [-0.05, 0) is 62.1 Å². The van der Waals surface area contributed by atoms with E-state index in [0.29, 0.717) is 34.3 Å². The van der Waals surface area contributed by atoms with Crippen molar-refractivity contribution in [2.24, 2.45) is 17.8 Å². The van der Waals surface area contributed by atoms with Crippen molar-refractivity contribution in [1.29, 1.82) is 0 Å².